The van der Waals surface area contributed by atoms with Crippen molar-refractivity contribution in [3.05, 3.63) is 20.8 Å². The fraction of sp³-hybridized carbons (Fsp3) is 0.583. The molecule has 0 spiro atoms. The lowest BCUT2D eigenvalue weighted by molar-refractivity contribution is 0.0930. The van der Waals surface area contributed by atoms with E-state index in [1.54, 1.807) is 0 Å². The Labute approximate surface area is 110 Å². The molecule has 0 atom stereocenters. The van der Waals surface area contributed by atoms with Gasteiger partial charge in [0, 0.05) is 11.0 Å². The normalized spacial score (nSPS) is 11.4. The highest BCUT2D eigenvalue weighted by Gasteiger charge is 2.15. The first-order valence-electron chi connectivity index (χ1n) is 5.53. The topological polar surface area (TPSA) is 20.3 Å². The Morgan fingerprint density at radius 3 is 2.69 bits per heavy atom. The number of likely N-dealkylation sites (N-methyl/N-ethyl adjacent to an activating group) is 1. The van der Waals surface area contributed by atoms with Gasteiger partial charge in [-0.25, -0.2) is 0 Å². The molecule has 90 valence electrons. The van der Waals surface area contributed by atoms with Gasteiger partial charge in [-0.15, -0.1) is 11.3 Å². The predicted octanol–water partition coefficient (Wildman–Crippen LogP) is 3.67. The van der Waals surface area contributed by atoms with Gasteiger partial charge in [-0.2, -0.15) is 0 Å². The molecule has 1 aromatic heterocycles. The SMILES string of the molecule is CCN(CC(=O)c1sccc1Br)CC(C)C. The molecule has 4 heteroatoms. The minimum absolute atomic E-state index is 0.212. The molecule has 2 nitrogen and oxygen atoms in total. The first-order valence-corrected chi connectivity index (χ1v) is 7.20. The number of carbonyl (C=O) groups is 1. The number of hydrogen-bond acceptors (Lipinski definition) is 3. The van der Waals surface area contributed by atoms with Gasteiger partial charge in [0.25, 0.3) is 0 Å². The zero-order chi connectivity index (χ0) is 12.1. The Morgan fingerprint density at radius 1 is 1.56 bits per heavy atom. The van der Waals surface area contributed by atoms with Crippen LogP contribution in [0.5, 0.6) is 0 Å². The summed E-state index contributed by atoms with van der Waals surface area (Å²) in [5.74, 6) is 0.809. The molecule has 0 radical (unpaired) electrons. The Morgan fingerprint density at radius 2 is 2.25 bits per heavy atom. The molecule has 1 heterocycles. The lowest BCUT2D eigenvalue weighted by Gasteiger charge is -2.21. The van der Waals surface area contributed by atoms with Gasteiger partial charge in [0.15, 0.2) is 5.78 Å². The van der Waals surface area contributed by atoms with E-state index in [0.29, 0.717) is 12.5 Å². The van der Waals surface area contributed by atoms with Crippen molar-refractivity contribution in [2.45, 2.75) is 20.8 Å². The highest BCUT2D eigenvalue weighted by Crippen LogP contribution is 2.23. The third-order valence-electron chi connectivity index (χ3n) is 2.31. The van der Waals surface area contributed by atoms with Crippen LogP contribution >= 0.6 is 27.3 Å². The number of hydrogen-bond donors (Lipinski definition) is 0. The third kappa shape index (κ3) is 4.00. The maximum atomic E-state index is 12.0. The van der Waals surface area contributed by atoms with Crippen molar-refractivity contribution in [3.63, 3.8) is 0 Å². The van der Waals surface area contributed by atoms with E-state index in [-0.39, 0.29) is 5.78 Å². The van der Waals surface area contributed by atoms with Gasteiger partial charge in [0.2, 0.25) is 0 Å². The number of nitrogens with zero attached hydrogens (tertiary/aromatic N) is 1. The van der Waals surface area contributed by atoms with E-state index in [0.717, 1.165) is 22.4 Å². The molecule has 0 bridgehead atoms. The van der Waals surface area contributed by atoms with Crippen LogP contribution in [0.2, 0.25) is 0 Å². The first-order chi connectivity index (χ1) is 7.54. The highest BCUT2D eigenvalue weighted by atomic mass is 79.9. The van der Waals surface area contributed by atoms with Crippen LogP contribution in [0.1, 0.15) is 30.4 Å². The van der Waals surface area contributed by atoms with Crippen LogP contribution < -0.4 is 0 Å². The van der Waals surface area contributed by atoms with Gasteiger partial charge in [-0.05, 0) is 39.8 Å². The van der Waals surface area contributed by atoms with Crippen molar-refractivity contribution in [2.75, 3.05) is 19.6 Å². The van der Waals surface area contributed by atoms with Crippen molar-refractivity contribution < 1.29 is 4.79 Å². The molecule has 0 saturated heterocycles. The zero-order valence-corrected chi connectivity index (χ0v) is 12.4. The second kappa shape index (κ2) is 6.52. The number of ketones is 1. The fourth-order valence-electron chi connectivity index (χ4n) is 1.59. The molecule has 1 rings (SSSR count). The zero-order valence-electron chi connectivity index (χ0n) is 10.00. The van der Waals surface area contributed by atoms with E-state index in [4.69, 9.17) is 0 Å². The van der Waals surface area contributed by atoms with E-state index < -0.39 is 0 Å². The second-order valence-corrected chi connectivity index (χ2v) is 6.01. The van der Waals surface area contributed by atoms with Gasteiger partial charge >= 0.3 is 0 Å². The van der Waals surface area contributed by atoms with E-state index in [9.17, 15) is 4.79 Å². The number of Topliss-reactive ketones (excluding diaryl/α,β-unsaturated/α-hetero) is 1. The minimum Gasteiger partial charge on any atom is -0.296 e. The molecule has 0 aliphatic carbocycles. The number of halogens is 1. The highest BCUT2D eigenvalue weighted by molar-refractivity contribution is 9.10. The van der Waals surface area contributed by atoms with Crippen LogP contribution in [0.3, 0.4) is 0 Å². The Bertz CT molecular complexity index is 349. The van der Waals surface area contributed by atoms with Crippen LogP contribution in [0.4, 0.5) is 0 Å². The lowest BCUT2D eigenvalue weighted by atomic mass is 10.2. The summed E-state index contributed by atoms with van der Waals surface area (Å²) < 4.78 is 0.920. The van der Waals surface area contributed by atoms with Crippen molar-refractivity contribution in [1.82, 2.24) is 4.90 Å². The maximum Gasteiger partial charge on any atom is 0.187 e. The molecule has 0 aromatic carbocycles. The summed E-state index contributed by atoms with van der Waals surface area (Å²) in [6.45, 7) is 8.87. The first kappa shape index (κ1) is 13.9. The van der Waals surface area contributed by atoms with Crippen LogP contribution in [0, 0.1) is 5.92 Å². The van der Waals surface area contributed by atoms with Crippen LogP contribution in [-0.2, 0) is 0 Å². The maximum absolute atomic E-state index is 12.0. The second-order valence-electron chi connectivity index (χ2n) is 4.24. The summed E-state index contributed by atoms with van der Waals surface area (Å²) in [6, 6.07) is 1.93. The summed E-state index contributed by atoms with van der Waals surface area (Å²) in [5.41, 5.74) is 0. The summed E-state index contributed by atoms with van der Waals surface area (Å²) in [7, 11) is 0. The average Bonchev–Trinajstić information content (AvgIpc) is 2.62. The molecule has 16 heavy (non-hydrogen) atoms. The molecular formula is C12H18BrNOS. The number of rotatable bonds is 6. The van der Waals surface area contributed by atoms with Crippen LogP contribution in [-0.4, -0.2) is 30.3 Å². The quantitative estimate of drug-likeness (QED) is 0.747. The van der Waals surface area contributed by atoms with Gasteiger partial charge in [0.1, 0.15) is 0 Å². The Hall–Kier alpha value is -0.190. The summed E-state index contributed by atoms with van der Waals surface area (Å²) in [5, 5.41) is 1.94. The predicted molar refractivity (Wildman–Crippen MR) is 73.3 cm³/mol. The minimum atomic E-state index is 0.212. The molecular weight excluding hydrogens is 286 g/mol. The summed E-state index contributed by atoms with van der Waals surface area (Å²) in [6.07, 6.45) is 0. The largest absolute Gasteiger partial charge is 0.296 e. The Balaban J connectivity index is 2.59. The van der Waals surface area contributed by atoms with Crippen molar-refractivity contribution >= 4 is 33.0 Å². The Kier molecular flexibility index (Phi) is 5.66. The van der Waals surface area contributed by atoms with E-state index >= 15 is 0 Å². The molecule has 0 saturated carbocycles. The standard InChI is InChI=1S/C12H18BrNOS/c1-4-14(7-9(2)3)8-11(15)12-10(13)5-6-16-12/h5-6,9H,4,7-8H2,1-3H3. The van der Waals surface area contributed by atoms with Crippen molar-refractivity contribution in [2.24, 2.45) is 5.92 Å². The van der Waals surface area contributed by atoms with E-state index in [1.807, 2.05) is 11.4 Å². The van der Waals surface area contributed by atoms with Gasteiger partial charge in [-0.3, -0.25) is 9.69 Å². The van der Waals surface area contributed by atoms with Crippen LogP contribution in [0.25, 0.3) is 0 Å². The number of carbonyl (C=O) groups excluding carboxylic acids is 1. The molecule has 0 N–H and O–H groups in total. The molecule has 0 amide bonds. The average molecular weight is 304 g/mol. The van der Waals surface area contributed by atoms with Crippen LogP contribution in [0.15, 0.2) is 15.9 Å². The van der Waals surface area contributed by atoms with Gasteiger partial charge in [0.05, 0.1) is 11.4 Å². The monoisotopic (exact) mass is 303 g/mol. The fourth-order valence-corrected chi connectivity index (χ4v) is 3.11. The van der Waals surface area contributed by atoms with E-state index in [2.05, 4.69) is 41.6 Å². The molecule has 0 fully saturated rings. The lowest BCUT2D eigenvalue weighted by Crippen LogP contribution is -2.32. The van der Waals surface area contributed by atoms with Crippen molar-refractivity contribution in [3.8, 4) is 0 Å². The summed E-state index contributed by atoms with van der Waals surface area (Å²) >= 11 is 4.91. The smallest absolute Gasteiger partial charge is 0.187 e. The van der Waals surface area contributed by atoms with Gasteiger partial charge < -0.3 is 0 Å². The van der Waals surface area contributed by atoms with Gasteiger partial charge in [-0.1, -0.05) is 20.8 Å². The van der Waals surface area contributed by atoms with Crippen molar-refractivity contribution in [1.29, 1.82) is 0 Å². The summed E-state index contributed by atoms with van der Waals surface area (Å²) in [4.78, 5) is 15.0. The third-order valence-corrected chi connectivity index (χ3v) is 4.19. The van der Waals surface area contributed by atoms with E-state index in [1.165, 1.54) is 11.3 Å². The molecule has 0 aliphatic heterocycles. The number of thiophene rings is 1. The molecule has 1 aromatic rings. The molecule has 0 aliphatic rings. The molecule has 0 unspecified atom stereocenters.